The predicted molar refractivity (Wildman–Crippen MR) is 104 cm³/mol. The summed E-state index contributed by atoms with van der Waals surface area (Å²) >= 11 is 1.51. The van der Waals surface area contributed by atoms with Gasteiger partial charge in [-0.2, -0.15) is 26.3 Å². The smallest absolute Gasteiger partial charge is 0.347 e. The third kappa shape index (κ3) is 4.66. The van der Waals surface area contributed by atoms with Gasteiger partial charge in [0.05, 0.1) is 29.2 Å². The number of thioether (sulfide) groups is 1. The lowest BCUT2D eigenvalue weighted by molar-refractivity contribution is -0.143. The highest BCUT2D eigenvalue weighted by atomic mass is 32.2. The van der Waals surface area contributed by atoms with E-state index in [2.05, 4.69) is 0 Å². The van der Waals surface area contributed by atoms with E-state index in [0.717, 1.165) is 29.2 Å². The van der Waals surface area contributed by atoms with Gasteiger partial charge in [0.2, 0.25) is 0 Å². The molecular formula is C20H18F6N2S. The second-order valence-electron chi connectivity index (χ2n) is 6.67. The summed E-state index contributed by atoms with van der Waals surface area (Å²) in [6.07, 6.45) is -7.81. The molecule has 0 radical (unpaired) electrons. The Morgan fingerprint density at radius 3 is 2.03 bits per heavy atom. The molecule has 0 bridgehead atoms. The van der Waals surface area contributed by atoms with E-state index in [0.29, 0.717) is 6.67 Å². The zero-order valence-corrected chi connectivity index (χ0v) is 16.4. The van der Waals surface area contributed by atoms with Gasteiger partial charge in [-0.15, -0.1) is 11.8 Å². The molecule has 0 saturated heterocycles. The molecule has 0 fully saturated rings. The molecule has 0 amide bonds. The fourth-order valence-corrected chi connectivity index (χ4v) is 3.75. The van der Waals surface area contributed by atoms with Crippen molar-refractivity contribution < 1.29 is 26.3 Å². The number of rotatable bonds is 4. The van der Waals surface area contributed by atoms with E-state index in [9.17, 15) is 26.3 Å². The first-order valence-corrected chi connectivity index (χ1v) is 9.89. The molecule has 0 saturated carbocycles. The number of para-hydroxylation sites is 2. The van der Waals surface area contributed by atoms with Gasteiger partial charge in [0.1, 0.15) is 0 Å². The topological polar surface area (TPSA) is 6.48 Å². The molecule has 3 rings (SSSR count). The van der Waals surface area contributed by atoms with Crippen LogP contribution in [0.25, 0.3) is 0 Å². The lowest BCUT2D eigenvalue weighted by atomic mass is 10.0. The van der Waals surface area contributed by atoms with Crippen molar-refractivity contribution in [3.63, 3.8) is 0 Å². The number of benzene rings is 2. The van der Waals surface area contributed by atoms with Gasteiger partial charge in [0.25, 0.3) is 0 Å². The average molecular weight is 432 g/mol. The van der Waals surface area contributed by atoms with Crippen LogP contribution in [0.3, 0.4) is 0 Å². The normalized spacial score (nSPS) is 15.1. The van der Waals surface area contributed by atoms with Crippen LogP contribution in [-0.4, -0.2) is 12.9 Å². The van der Waals surface area contributed by atoms with Crippen LogP contribution in [0.4, 0.5) is 37.7 Å². The van der Waals surface area contributed by atoms with Crippen molar-refractivity contribution in [1.82, 2.24) is 0 Å². The van der Waals surface area contributed by atoms with E-state index in [1.807, 2.05) is 35.6 Å². The zero-order chi connectivity index (χ0) is 21.4. The van der Waals surface area contributed by atoms with E-state index >= 15 is 0 Å². The molecule has 29 heavy (non-hydrogen) atoms. The Bertz CT molecular complexity index is 888. The number of fused-ring (bicyclic) bond motifs is 1. The summed E-state index contributed by atoms with van der Waals surface area (Å²) in [6.45, 7) is 2.16. The fraction of sp³-hybridized carbons (Fsp3) is 0.300. The number of anilines is 2. The van der Waals surface area contributed by atoms with Crippen LogP contribution in [-0.2, 0) is 18.9 Å². The van der Waals surface area contributed by atoms with Gasteiger partial charge >= 0.3 is 12.4 Å². The molecular weight excluding hydrogens is 414 g/mol. The number of hydrogen-bond acceptors (Lipinski definition) is 3. The van der Waals surface area contributed by atoms with Crippen LogP contribution in [0.1, 0.15) is 23.6 Å². The lowest BCUT2D eigenvalue weighted by Gasteiger charge is -2.23. The number of hydrogen-bond donors (Lipinski definition) is 0. The monoisotopic (exact) mass is 432 g/mol. The van der Waals surface area contributed by atoms with Crippen molar-refractivity contribution in [3.05, 3.63) is 70.3 Å². The fourth-order valence-electron chi connectivity index (χ4n) is 3.28. The van der Waals surface area contributed by atoms with Gasteiger partial charge in [-0.05, 0) is 54.5 Å². The average Bonchev–Trinajstić information content (AvgIpc) is 2.99. The highest BCUT2D eigenvalue weighted by Gasteiger charge is 2.37. The molecule has 1 aliphatic rings. The van der Waals surface area contributed by atoms with Gasteiger partial charge in [-0.25, -0.2) is 0 Å². The predicted octanol–water partition coefficient (Wildman–Crippen LogP) is 6.73. The molecule has 1 aliphatic heterocycles. The van der Waals surface area contributed by atoms with Gasteiger partial charge in [0, 0.05) is 12.2 Å². The first-order chi connectivity index (χ1) is 13.5. The van der Waals surface area contributed by atoms with Crippen LogP contribution in [0.2, 0.25) is 0 Å². The van der Waals surface area contributed by atoms with E-state index in [1.54, 1.807) is 17.0 Å². The van der Waals surface area contributed by atoms with Crippen LogP contribution in [0, 0.1) is 0 Å². The standard InChI is InChI=1S/C20H18F6N2S/c1-13(11-29-2)28-12-27(17-5-3-4-6-18(17)28)10-14-7-15(19(21,22)23)9-16(8-14)20(24,25)26/h3-9,11H,10,12H2,1-2H3. The van der Waals surface area contributed by atoms with Crippen LogP contribution in [0.5, 0.6) is 0 Å². The number of nitrogens with zero attached hydrogens (tertiary/aromatic N) is 2. The van der Waals surface area contributed by atoms with Gasteiger partial charge in [0.15, 0.2) is 0 Å². The largest absolute Gasteiger partial charge is 0.416 e. The maximum Gasteiger partial charge on any atom is 0.416 e. The second-order valence-corrected chi connectivity index (χ2v) is 7.37. The quantitative estimate of drug-likeness (QED) is 0.495. The van der Waals surface area contributed by atoms with E-state index in [-0.39, 0.29) is 18.2 Å². The summed E-state index contributed by atoms with van der Waals surface area (Å²) in [5.41, 5.74) is -0.0938. The third-order valence-electron chi connectivity index (χ3n) is 4.56. The van der Waals surface area contributed by atoms with Crippen LogP contribution in [0.15, 0.2) is 53.6 Å². The Morgan fingerprint density at radius 2 is 1.52 bits per heavy atom. The van der Waals surface area contributed by atoms with Crippen molar-refractivity contribution in [3.8, 4) is 0 Å². The molecule has 0 aromatic heterocycles. The Hall–Kier alpha value is -2.29. The van der Waals surface area contributed by atoms with Crippen molar-refractivity contribution in [2.45, 2.75) is 25.8 Å². The molecule has 156 valence electrons. The first-order valence-electron chi connectivity index (χ1n) is 8.60. The van der Waals surface area contributed by atoms with Crippen molar-refractivity contribution in [1.29, 1.82) is 0 Å². The minimum Gasteiger partial charge on any atom is -0.347 e. The van der Waals surface area contributed by atoms with Gasteiger partial charge in [-0.3, -0.25) is 0 Å². The zero-order valence-electron chi connectivity index (χ0n) is 15.6. The Labute approximate surface area is 168 Å². The van der Waals surface area contributed by atoms with E-state index in [4.69, 9.17) is 0 Å². The second kappa shape index (κ2) is 7.85. The molecule has 2 aromatic carbocycles. The number of alkyl halides is 6. The molecule has 0 N–H and O–H groups in total. The third-order valence-corrected chi connectivity index (χ3v) is 5.14. The first kappa shape index (κ1) is 21.4. The molecule has 0 unspecified atom stereocenters. The van der Waals surface area contributed by atoms with Gasteiger partial charge in [-0.1, -0.05) is 12.1 Å². The highest BCUT2D eigenvalue weighted by Crippen LogP contribution is 2.40. The summed E-state index contributed by atoms with van der Waals surface area (Å²) in [7, 11) is 0. The Morgan fingerprint density at radius 1 is 0.966 bits per heavy atom. The van der Waals surface area contributed by atoms with Crippen LogP contribution >= 0.6 is 11.8 Å². The van der Waals surface area contributed by atoms with Crippen LogP contribution < -0.4 is 9.80 Å². The Balaban J connectivity index is 1.99. The van der Waals surface area contributed by atoms with Gasteiger partial charge < -0.3 is 9.80 Å². The number of halogens is 6. The van der Waals surface area contributed by atoms with E-state index in [1.165, 1.54) is 11.8 Å². The molecule has 2 nitrogen and oxygen atoms in total. The molecule has 1 heterocycles. The van der Waals surface area contributed by atoms with E-state index < -0.39 is 23.5 Å². The number of allylic oxidation sites excluding steroid dienone is 1. The SMILES string of the molecule is CSC=C(C)N1CN(Cc2cc(C(F)(F)F)cc(C(F)(F)F)c2)c2ccccc21. The highest BCUT2D eigenvalue weighted by molar-refractivity contribution is 8.01. The maximum atomic E-state index is 13.1. The summed E-state index contributed by atoms with van der Waals surface area (Å²) in [6, 6.07) is 9.03. The lowest BCUT2D eigenvalue weighted by Crippen LogP contribution is -2.29. The summed E-state index contributed by atoms with van der Waals surface area (Å²) in [5, 5.41) is 1.94. The maximum absolute atomic E-state index is 13.1. The van der Waals surface area contributed by atoms with Crippen molar-refractivity contribution >= 4 is 23.1 Å². The molecule has 2 aromatic rings. The summed E-state index contributed by atoms with van der Waals surface area (Å²) in [5.74, 6) is 0. The molecule has 0 spiro atoms. The molecule has 0 atom stereocenters. The summed E-state index contributed by atoms with van der Waals surface area (Å²) in [4.78, 5) is 3.74. The molecule has 9 heteroatoms. The Kier molecular flexibility index (Phi) is 5.80. The minimum absolute atomic E-state index is 0.0460. The van der Waals surface area contributed by atoms with Crippen molar-refractivity contribution in [2.75, 3.05) is 22.7 Å². The summed E-state index contributed by atoms with van der Waals surface area (Å²) < 4.78 is 78.9. The minimum atomic E-state index is -4.86. The van der Waals surface area contributed by atoms with Crippen molar-refractivity contribution in [2.24, 2.45) is 0 Å². The molecule has 0 aliphatic carbocycles.